The van der Waals surface area contributed by atoms with Crippen LogP contribution in [0, 0.1) is 6.92 Å². The summed E-state index contributed by atoms with van der Waals surface area (Å²) in [5, 5.41) is 2.74. The summed E-state index contributed by atoms with van der Waals surface area (Å²) in [6, 6.07) is -0.190. The highest BCUT2D eigenvalue weighted by molar-refractivity contribution is 7.98. The number of thiol groups is 1. The molecule has 0 spiro atoms. The molecule has 7 heteroatoms. The van der Waals surface area contributed by atoms with E-state index >= 15 is 0 Å². The molecule has 2 amide bonds. The minimum Gasteiger partial charge on any atom is -0.336 e. The van der Waals surface area contributed by atoms with Crippen molar-refractivity contribution in [2.24, 2.45) is 0 Å². The molecule has 0 radical (unpaired) electrons. The van der Waals surface area contributed by atoms with Crippen molar-refractivity contribution in [2.45, 2.75) is 12.7 Å². The van der Waals surface area contributed by atoms with E-state index in [-0.39, 0.29) is 6.03 Å². The zero-order chi connectivity index (χ0) is 12.7. The first-order valence-electron chi connectivity index (χ1n) is 5.16. The molecule has 0 saturated carbocycles. The number of urea groups is 1. The first-order chi connectivity index (χ1) is 8.11. The molecule has 1 aromatic rings. The lowest BCUT2D eigenvalue weighted by Crippen LogP contribution is -2.33. The van der Waals surface area contributed by atoms with E-state index in [1.165, 1.54) is 4.31 Å². The Morgan fingerprint density at radius 1 is 1.53 bits per heavy atom. The molecule has 17 heavy (non-hydrogen) atoms. The van der Waals surface area contributed by atoms with E-state index in [4.69, 9.17) is 0 Å². The standard InChI is InChI=1S/C10H16N4OS2/c1-8-9(12-4-3-11-8)7-17-6-5-13-10(15)14(2)16/h3-4,16H,5-7H2,1-2H3,(H,13,15). The third kappa shape index (κ3) is 5.27. The molecule has 0 saturated heterocycles. The van der Waals surface area contributed by atoms with Crippen molar-refractivity contribution in [2.75, 3.05) is 19.3 Å². The molecule has 1 N–H and O–H groups in total. The molecule has 0 bridgehead atoms. The Balaban J connectivity index is 2.17. The van der Waals surface area contributed by atoms with E-state index in [2.05, 4.69) is 28.1 Å². The van der Waals surface area contributed by atoms with Crippen molar-refractivity contribution < 1.29 is 4.79 Å². The van der Waals surface area contributed by atoms with Gasteiger partial charge in [0, 0.05) is 37.5 Å². The topological polar surface area (TPSA) is 58.1 Å². The Kier molecular flexibility index (Phi) is 6.13. The van der Waals surface area contributed by atoms with Gasteiger partial charge in [0.15, 0.2) is 0 Å². The number of thioether (sulfide) groups is 1. The summed E-state index contributed by atoms with van der Waals surface area (Å²) in [6.45, 7) is 2.56. The average Bonchev–Trinajstić information content (AvgIpc) is 2.30. The van der Waals surface area contributed by atoms with Crippen LogP contribution in [0.4, 0.5) is 4.79 Å². The number of hydrogen-bond donors (Lipinski definition) is 2. The van der Waals surface area contributed by atoms with Gasteiger partial charge >= 0.3 is 6.03 Å². The molecule has 0 aliphatic rings. The van der Waals surface area contributed by atoms with E-state index in [9.17, 15) is 4.79 Å². The molecule has 0 fully saturated rings. The van der Waals surface area contributed by atoms with Crippen molar-refractivity contribution >= 4 is 30.6 Å². The van der Waals surface area contributed by atoms with Crippen molar-refractivity contribution in [1.29, 1.82) is 0 Å². The maximum Gasteiger partial charge on any atom is 0.326 e. The molecule has 1 aromatic heterocycles. The summed E-state index contributed by atoms with van der Waals surface area (Å²) in [7, 11) is 1.59. The number of aryl methyl sites for hydroxylation is 1. The number of carbonyl (C=O) groups is 1. The Labute approximate surface area is 111 Å². The van der Waals surface area contributed by atoms with Gasteiger partial charge in [0.2, 0.25) is 0 Å². The molecule has 94 valence electrons. The summed E-state index contributed by atoms with van der Waals surface area (Å²) in [5.41, 5.74) is 1.95. The average molecular weight is 272 g/mol. The van der Waals surface area contributed by atoms with E-state index in [1.54, 1.807) is 31.2 Å². The van der Waals surface area contributed by atoms with Gasteiger partial charge < -0.3 is 5.32 Å². The molecule has 5 nitrogen and oxygen atoms in total. The monoisotopic (exact) mass is 272 g/mol. The fourth-order valence-electron chi connectivity index (χ4n) is 1.09. The predicted molar refractivity (Wildman–Crippen MR) is 73.1 cm³/mol. The predicted octanol–water partition coefficient (Wildman–Crippen LogP) is 1.50. The first kappa shape index (κ1) is 14.1. The van der Waals surface area contributed by atoms with Crippen LogP contribution >= 0.6 is 24.6 Å². The number of hydrogen-bond acceptors (Lipinski definition) is 5. The van der Waals surface area contributed by atoms with Crippen molar-refractivity contribution in [3.63, 3.8) is 0 Å². The molecule has 0 aromatic carbocycles. The van der Waals surface area contributed by atoms with Crippen LogP contribution in [0.5, 0.6) is 0 Å². The van der Waals surface area contributed by atoms with Gasteiger partial charge in [0.05, 0.1) is 11.4 Å². The van der Waals surface area contributed by atoms with Crippen LogP contribution in [0.3, 0.4) is 0 Å². The number of nitrogens with zero attached hydrogens (tertiary/aromatic N) is 3. The lowest BCUT2D eigenvalue weighted by atomic mass is 10.4. The molecule has 1 rings (SSSR count). The van der Waals surface area contributed by atoms with Gasteiger partial charge in [-0.15, -0.1) is 0 Å². The summed E-state index contributed by atoms with van der Waals surface area (Å²) in [6.07, 6.45) is 3.38. The van der Waals surface area contributed by atoms with Crippen LogP contribution in [0.25, 0.3) is 0 Å². The molecular weight excluding hydrogens is 256 g/mol. The van der Waals surface area contributed by atoms with E-state index in [0.29, 0.717) is 6.54 Å². The number of amides is 2. The summed E-state index contributed by atoms with van der Waals surface area (Å²) in [4.78, 5) is 19.6. The SMILES string of the molecule is Cc1nccnc1CSCCNC(=O)N(C)S. The number of carbonyl (C=O) groups excluding carboxylic acids is 1. The van der Waals surface area contributed by atoms with Gasteiger partial charge in [-0.3, -0.25) is 14.3 Å². The minimum atomic E-state index is -0.190. The lowest BCUT2D eigenvalue weighted by Gasteiger charge is -2.10. The molecule has 1 heterocycles. The van der Waals surface area contributed by atoms with Gasteiger partial charge in [0.25, 0.3) is 0 Å². The molecule has 0 aliphatic heterocycles. The Morgan fingerprint density at radius 2 is 2.24 bits per heavy atom. The quantitative estimate of drug-likeness (QED) is 0.630. The molecule has 0 unspecified atom stereocenters. The van der Waals surface area contributed by atoms with Crippen molar-refractivity contribution in [3.05, 3.63) is 23.8 Å². The summed E-state index contributed by atoms with van der Waals surface area (Å²) >= 11 is 5.60. The third-order valence-corrected chi connectivity index (χ3v) is 3.19. The highest BCUT2D eigenvalue weighted by Gasteiger charge is 2.03. The van der Waals surface area contributed by atoms with Crippen LogP contribution in [0.15, 0.2) is 12.4 Å². The Hall–Kier alpha value is -0.950. The number of rotatable bonds is 5. The smallest absolute Gasteiger partial charge is 0.326 e. The largest absolute Gasteiger partial charge is 0.336 e. The maximum atomic E-state index is 11.1. The summed E-state index contributed by atoms with van der Waals surface area (Å²) < 4.78 is 1.22. The maximum absolute atomic E-state index is 11.1. The minimum absolute atomic E-state index is 0.190. The Bertz CT molecular complexity index is 373. The summed E-state index contributed by atoms with van der Waals surface area (Å²) in [5.74, 6) is 1.65. The zero-order valence-electron chi connectivity index (χ0n) is 9.88. The third-order valence-electron chi connectivity index (χ3n) is 2.04. The second kappa shape index (κ2) is 7.39. The van der Waals surface area contributed by atoms with E-state index in [1.807, 2.05) is 6.92 Å². The van der Waals surface area contributed by atoms with Gasteiger partial charge in [-0.05, 0) is 6.92 Å². The van der Waals surface area contributed by atoms with Gasteiger partial charge in [-0.1, -0.05) is 12.8 Å². The van der Waals surface area contributed by atoms with Crippen molar-refractivity contribution in [1.82, 2.24) is 19.6 Å². The zero-order valence-corrected chi connectivity index (χ0v) is 11.6. The van der Waals surface area contributed by atoms with E-state index in [0.717, 1.165) is 22.9 Å². The fourth-order valence-corrected chi connectivity index (χ4v) is 2.03. The highest BCUT2D eigenvalue weighted by atomic mass is 32.2. The second-order valence-corrected chi connectivity index (χ2v) is 5.10. The van der Waals surface area contributed by atoms with Crippen LogP contribution in [-0.4, -0.2) is 39.6 Å². The second-order valence-electron chi connectivity index (χ2n) is 3.40. The Morgan fingerprint density at radius 3 is 2.88 bits per heavy atom. The molecule has 0 atom stereocenters. The van der Waals surface area contributed by atoms with Gasteiger partial charge in [0.1, 0.15) is 0 Å². The molecular formula is C10H16N4OS2. The fraction of sp³-hybridized carbons (Fsp3) is 0.500. The van der Waals surface area contributed by atoms with Crippen LogP contribution in [0.1, 0.15) is 11.4 Å². The van der Waals surface area contributed by atoms with Crippen molar-refractivity contribution in [3.8, 4) is 0 Å². The molecule has 0 aliphatic carbocycles. The normalized spacial score (nSPS) is 10.1. The van der Waals surface area contributed by atoms with Crippen LogP contribution in [0.2, 0.25) is 0 Å². The highest BCUT2D eigenvalue weighted by Crippen LogP contribution is 2.10. The van der Waals surface area contributed by atoms with Crippen LogP contribution < -0.4 is 5.32 Å². The van der Waals surface area contributed by atoms with E-state index < -0.39 is 0 Å². The lowest BCUT2D eigenvalue weighted by molar-refractivity contribution is 0.231. The number of nitrogens with one attached hydrogen (secondary N) is 1. The first-order valence-corrected chi connectivity index (χ1v) is 6.71. The van der Waals surface area contributed by atoms with Gasteiger partial charge in [-0.25, -0.2) is 4.79 Å². The van der Waals surface area contributed by atoms with Crippen LogP contribution in [-0.2, 0) is 5.75 Å². The number of aromatic nitrogens is 2. The van der Waals surface area contributed by atoms with Gasteiger partial charge in [-0.2, -0.15) is 11.8 Å².